The van der Waals surface area contributed by atoms with Gasteiger partial charge in [-0.15, -0.1) is 0 Å². The molecule has 6 nitrogen and oxygen atoms in total. The number of carbonyl (C=O) groups excluding carboxylic acids is 1. The number of furan rings is 1. The summed E-state index contributed by atoms with van der Waals surface area (Å²) in [6.45, 7) is 0.421. The van der Waals surface area contributed by atoms with Crippen LogP contribution in [-0.2, 0) is 11.3 Å². The molecule has 27 heavy (non-hydrogen) atoms. The molecule has 3 aromatic rings. The molecule has 0 unspecified atom stereocenters. The summed E-state index contributed by atoms with van der Waals surface area (Å²) in [6.07, 6.45) is 2.85. The average Bonchev–Trinajstić information content (AvgIpc) is 3.14. The zero-order valence-corrected chi connectivity index (χ0v) is 14.8. The summed E-state index contributed by atoms with van der Waals surface area (Å²) in [4.78, 5) is 22.6. The van der Waals surface area contributed by atoms with Gasteiger partial charge in [-0.3, -0.25) is 14.9 Å². The molecule has 2 aromatic carbocycles. The van der Waals surface area contributed by atoms with E-state index in [1.54, 1.807) is 18.2 Å². The summed E-state index contributed by atoms with van der Waals surface area (Å²) >= 11 is 5.82. The lowest BCUT2D eigenvalue weighted by atomic mass is 10.1. The Morgan fingerprint density at radius 2 is 1.93 bits per heavy atom. The zero-order valence-electron chi connectivity index (χ0n) is 14.1. The Bertz CT molecular complexity index is 996. The standard InChI is InChI=1S/C20H15ClN2O4/c21-15-6-9-17(18(12-15)23(25)26)19-10-7-16(27-19)8-11-20(24)22-13-14-4-2-1-3-5-14/h1-12H,13H2,(H,22,24)/b11-8+. The molecule has 0 radical (unpaired) electrons. The second kappa shape index (κ2) is 8.33. The van der Waals surface area contributed by atoms with Gasteiger partial charge in [-0.05, 0) is 35.9 Å². The third-order valence-corrected chi connectivity index (χ3v) is 3.99. The van der Waals surface area contributed by atoms with Gasteiger partial charge in [0.2, 0.25) is 5.91 Å². The number of nitrogens with one attached hydrogen (secondary N) is 1. The first-order chi connectivity index (χ1) is 13.0. The molecule has 0 aliphatic carbocycles. The Hall–Kier alpha value is -3.38. The minimum atomic E-state index is -0.518. The van der Waals surface area contributed by atoms with Crippen LogP contribution in [0.3, 0.4) is 0 Å². The number of amides is 1. The number of nitro groups is 1. The highest BCUT2D eigenvalue weighted by atomic mass is 35.5. The molecule has 0 fully saturated rings. The molecule has 1 aromatic heterocycles. The highest BCUT2D eigenvalue weighted by molar-refractivity contribution is 6.30. The molecule has 7 heteroatoms. The molecular formula is C20H15ClN2O4. The summed E-state index contributed by atoms with van der Waals surface area (Å²) in [5.74, 6) is 0.459. The number of halogens is 1. The Kier molecular flexibility index (Phi) is 5.68. The van der Waals surface area contributed by atoms with E-state index in [4.69, 9.17) is 16.0 Å². The summed E-state index contributed by atoms with van der Waals surface area (Å²) in [7, 11) is 0. The molecule has 0 aliphatic heterocycles. The number of rotatable bonds is 6. The Morgan fingerprint density at radius 3 is 2.67 bits per heavy atom. The van der Waals surface area contributed by atoms with Crippen LogP contribution in [0.2, 0.25) is 5.02 Å². The van der Waals surface area contributed by atoms with Gasteiger partial charge in [-0.1, -0.05) is 41.9 Å². The molecule has 0 atom stereocenters. The van der Waals surface area contributed by atoms with E-state index in [1.807, 2.05) is 30.3 Å². The molecule has 136 valence electrons. The van der Waals surface area contributed by atoms with Crippen molar-refractivity contribution < 1.29 is 14.1 Å². The molecule has 0 bridgehead atoms. The van der Waals surface area contributed by atoms with Crippen molar-refractivity contribution in [2.24, 2.45) is 0 Å². The van der Waals surface area contributed by atoms with Gasteiger partial charge in [-0.25, -0.2) is 0 Å². The van der Waals surface area contributed by atoms with Crippen LogP contribution in [0.1, 0.15) is 11.3 Å². The summed E-state index contributed by atoms with van der Waals surface area (Å²) in [5, 5.41) is 14.2. The van der Waals surface area contributed by atoms with Gasteiger partial charge in [0.25, 0.3) is 5.69 Å². The summed E-state index contributed by atoms with van der Waals surface area (Å²) in [6, 6.07) is 17.1. The first-order valence-electron chi connectivity index (χ1n) is 8.07. The van der Waals surface area contributed by atoms with Crippen molar-refractivity contribution in [3.8, 4) is 11.3 Å². The van der Waals surface area contributed by atoms with Crippen LogP contribution in [-0.4, -0.2) is 10.8 Å². The predicted octanol–water partition coefficient (Wildman–Crippen LogP) is 4.84. The molecule has 0 saturated carbocycles. The Balaban J connectivity index is 1.68. The van der Waals surface area contributed by atoms with Crippen molar-refractivity contribution >= 4 is 29.3 Å². The quantitative estimate of drug-likeness (QED) is 0.375. The Morgan fingerprint density at radius 1 is 1.15 bits per heavy atom. The summed E-state index contributed by atoms with van der Waals surface area (Å²) in [5.41, 5.74) is 1.17. The van der Waals surface area contributed by atoms with Gasteiger partial charge in [-0.2, -0.15) is 0 Å². The van der Waals surface area contributed by atoms with Crippen molar-refractivity contribution in [2.45, 2.75) is 6.54 Å². The monoisotopic (exact) mass is 382 g/mol. The van der Waals surface area contributed by atoms with E-state index in [0.717, 1.165) is 5.56 Å². The molecule has 1 heterocycles. The van der Waals surface area contributed by atoms with Gasteiger partial charge in [0.05, 0.1) is 10.5 Å². The minimum Gasteiger partial charge on any atom is -0.456 e. The van der Waals surface area contributed by atoms with E-state index in [-0.39, 0.29) is 16.6 Å². The van der Waals surface area contributed by atoms with E-state index in [9.17, 15) is 14.9 Å². The van der Waals surface area contributed by atoms with E-state index in [0.29, 0.717) is 23.6 Å². The number of nitrogens with zero attached hydrogens (tertiary/aromatic N) is 1. The molecule has 1 N–H and O–H groups in total. The Labute approximate surface area is 160 Å². The van der Waals surface area contributed by atoms with Crippen molar-refractivity contribution in [3.05, 3.63) is 93.2 Å². The average molecular weight is 383 g/mol. The first-order valence-corrected chi connectivity index (χ1v) is 8.45. The molecular weight excluding hydrogens is 368 g/mol. The molecule has 0 spiro atoms. The normalized spacial score (nSPS) is 10.9. The molecule has 0 saturated heterocycles. The van der Waals surface area contributed by atoms with Crippen LogP contribution in [0, 0.1) is 10.1 Å². The third kappa shape index (κ3) is 4.83. The van der Waals surface area contributed by atoms with Gasteiger partial charge in [0.1, 0.15) is 11.5 Å². The molecule has 0 aliphatic rings. The third-order valence-electron chi connectivity index (χ3n) is 3.76. The number of hydrogen-bond acceptors (Lipinski definition) is 4. The number of hydrogen-bond donors (Lipinski definition) is 1. The lowest BCUT2D eigenvalue weighted by Crippen LogP contribution is -2.20. The van der Waals surface area contributed by atoms with Crippen LogP contribution in [0.5, 0.6) is 0 Å². The van der Waals surface area contributed by atoms with E-state index in [1.165, 1.54) is 24.3 Å². The van der Waals surface area contributed by atoms with E-state index >= 15 is 0 Å². The highest BCUT2D eigenvalue weighted by Crippen LogP contribution is 2.33. The maximum Gasteiger partial charge on any atom is 0.281 e. The lowest BCUT2D eigenvalue weighted by Gasteiger charge is -2.01. The van der Waals surface area contributed by atoms with Gasteiger partial charge >= 0.3 is 0 Å². The van der Waals surface area contributed by atoms with Crippen LogP contribution in [0.4, 0.5) is 5.69 Å². The maximum absolute atomic E-state index is 11.9. The van der Waals surface area contributed by atoms with Crippen LogP contribution >= 0.6 is 11.6 Å². The molecule has 1 amide bonds. The van der Waals surface area contributed by atoms with Crippen molar-refractivity contribution in [2.75, 3.05) is 0 Å². The topological polar surface area (TPSA) is 85.4 Å². The van der Waals surface area contributed by atoms with E-state index < -0.39 is 4.92 Å². The second-order valence-electron chi connectivity index (χ2n) is 5.66. The fraction of sp³-hybridized carbons (Fsp3) is 0.0500. The SMILES string of the molecule is O=C(/C=C/c1ccc(-c2ccc(Cl)cc2[N+](=O)[O-])o1)NCc1ccccc1. The largest absolute Gasteiger partial charge is 0.456 e. The first kappa shape index (κ1) is 18.4. The van der Waals surface area contributed by atoms with Crippen molar-refractivity contribution in [1.29, 1.82) is 0 Å². The number of nitro benzene ring substituents is 1. The number of carbonyl (C=O) groups is 1. The minimum absolute atomic E-state index is 0.145. The van der Waals surface area contributed by atoms with Gasteiger partial charge < -0.3 is 9.73 Å². The van der Waals surface area contributed by atoms with Crippen molar-refractivity contribution in [3.63, 3.8) is 0 Å². The maximum atomic E-state index is 11.9. The summed E-state index contributed by atoms with van der Waals surface area (Å²) < 4.78 is 5.60. The fourth-order valence-corrected chi connectivity index (χ4v) is 2.62. The lowest BCUT2D eigenvalue weighted by molar-refractivity contribution is -0.384. The number of benzene rings is 2. The predicted molar refractivity (Wildman–Crippen MR) is 103 cm³/mol. The fourth-order valence-electron chi connectivity index (χ4n) is 2.45. The van der Waals surface area contributed by atoms with E-state index in [2.05, 4.69) is 5.32 Å². The van der Waals surface area contributed by atoms with Crippen molar-refractivity contribution in [1.82, 2.24) is 5.32 Å². The van der Waals surface area contributed by atoms with Gasteiger partial charge in [0, 0.05) is 23.7 Å². The zero-order chi connectivity index (χ0) is 19.2. The van der Waals surface area contributed by atoms with Crippen LogP contribution < -0.4 is 5.32 Å². The van der Waals surface area contributed by atoms with Crippen LogP contribution in [0.25, 0.3) is 17.4 Å². The highest BCUT2D eigenvalue weighted by Gasteiger charge is 2.18. The smallest absolute Gasteiger partial charge is 0.281 e. The van der Waals surface area contributed by atoms with Gasteiger partial charge in [0.15, 0.2) is 0 Å². The second-order valence-corrected chi connectivity index (χ2v) is 6.09. The molecule has 3 rings (SSSR count). The van der Waals surface area contributed by atoms with Crippen LogP contribution in [0.15, 0.2) is 71.2 Å².